The van der Waals surface area contributed by atoms with E-state index in [4.69, 9.17) is 0 Å². The molecular formula is C17H25FN3O2+. The molecule has 1 aliphatic heterocycles. The molecule has 1 saturated heterocycles. The Hall–Kier alpha value is -1.95. The fraction of sp³-hybridized carbons (Fsp3) is 0.529. The molecular weight excluding hydrogens is 297 g/mol. The monoisotopic (exact) mass is 322 g/mol. The van der Waals surface area contributed by atoms with Gasteiger partial charge in [0.05, 0.1) is 26.2 Å². The minimum Gasteiger partial charge on any atom is -0.331 e. The van der Waals surface area contributed by atoms with Gasteiger partial charge >= 0.3 is 0 Å². The Labute approximate surface area is 136 Å². The lowest BCUT2D eigenvalue weighted by Gasteiger charge is -2.32. The Balaban J connectivity index is 1.75. The van der Waals surface area contributed by atoms with Crippen LogP contribution in [0.5, 0.6) is 0 Å². The van der Waals surface area contributed by atoms with Gasteiger partial charge in [-0.05, 0) is 24.1 Å². The Kier molecular flexibility index (Phi) is 6.10. The number of amides is 2. The zero-order valence-corrected chi connectivity index (χ0v) is 13.8. The number of halogens is 1. The molecule has 1 aliphatic rings. The summed E-state index contributed by atoms with van der Waals surface area (Å²) < 4.78 is 13.1. The topological polar surface area (TPSA) is 53.9 Å². The molecule has 23 heavy (non-hydrogen) atoms. The predicted molar refractivity (Wildman–Crippen MR) is 86.6 cm³/mol. The van der Waals surface area contributed by atoms with Crippen molar-refractivity contribution in [1.29, 1.82) is 0 Å². The number of carbonyl (C=O) groups is 2. The second-order valence-corrected chi connectivity index (χ2v) is 6.46. The average molecular weight is 322 g/mol. The average Bonchev–Trinajstić information content (AvgIpc) is 2.47. The number of rotatable bonds is 5. The predicted octanol–water partition coefficient (Wildman–Crippen LogP) is 0.537. The van der Waals surface area contributed by atoms with Crippen molar-refractivity contribution >= 4 is 17.5 Å². The summed E-state index contributed by atoms with van der Waals surface area (Å²) in [7, 11) is 0. The normalized spacial score (nSPS) is 15.7. The van der Waals surface area contributed by atoms with Crippen LogP contribution in [-0.2, 0) is 9.59 Å². The lowest BCUT2D eigenvalue weighted by atomic mass is 10.1. The molecule has 0 unspecified atom stereocenters. The van der Waals surface area contributed by atoms with Crippen molar-refractivity contribution in [3.63, 3.8) is 0 Å². The van der Waals surface area contributed by atoms with Gasteiger partial charge in [-0.15, -0.1) is 0 Å². The van der Waals surface area contributed by atoms with Crippen molar-refractivity contribution in [2.75, 3.05) is 38.0 Å². The second-order valence-electron chi connectivity index (χ2n) is 6.46. The van der Waals surface area contributed by atoms with E-state index in [1.165, 1.54) is 12.1 Å². The summed E-state index contributed by atoms with van der Waals surface area (Å²) in [6.07, 6.45) is 0.579. The number of hydrogen-bond acceptors (Lipinski definition) is 2. The maximum atomic E-state index is 13.1. The number of anilines is 1. The minimum atomic E-state index is -0.368. The van der Waals surface area contributed by atoms with Crippen LogP contribution in [0, 0.1) is 11.7 Å². The minimum absolute atomic E-state index is 0.132. The molecule has 0 atom stereocenters. The first-order valence-corrected chi connectivity index (χ1v) is 8.11. The maximum Gasteiger partial charge on any atom is 0.279 e. The molecule has 6 heteroatoms. The van der Waals surface area contributed by atoms with Crippen LogP contribution < -0.4 is 10.2 Å². The van der Waals surface area contributed by atoms with Crippen LogP contribution in [0.2, 0.25) is 0 Å². The van der Waals surface area contributed by atoms with Gasteiger partial charge in [0.1, 0.15) is 5.82 Å². The van der Waals surface area contributed by atoms with Gasteiger partial charge in [0.15, 0.2) is 6.54 Å². The van der Waals surface area contributed by atoms with Gasteiger partial charge in [0.25, 0.3) is 5.91 Å². The molecule has 0 bridgehead atoms. The van der Waals surface area contributed by atoms with Gasteiger partial charge in [-0.1, -0.05) is 19.9 Å². The molecule has 0 aromatic heterocycles. The van der Waals surface area contributed by atoms with Gasteiger partial charge in [-0.2, -0.15) is 0 Å². The third kappa shape index (κ3) is 5.63. The number of quaternary nitrogens is 1. The highest BCUT2D eigenvalue weighted by Gasteiger charge is 2.25. The number of nitrogens with one attached hydrogen (secondary N) is 2. The van der Waals surface area contributed by atoms with Crippen LogP contribution in [0.15, 0.2) is 24.3 Å². The highest BCUT2D eigenvalue weighted by Crippen LogP contribution is 2.08. The van der Waals surface area contributed by atoms with Gasteiger partial charge in [-0.25, -0.2) is 4.39 Å². The van der Waals surface area contributed by atoms with Crippen LogP contribution in [0.3, 0.4) is 0 Å². The molecule has 0 saturated carbocycles. The summed E-state index contributed by atoms with van der Waals surface area (Å²) in [6.45, 7) is 7.32. The van der Waals surface area contributed by atoms with Crippen molar-refractivity contribution in [1.82, 2.24) is 4.90 Å². The first-order valence-electron chi connectivity index (χ1n) is 8.11. The molecule has 0 spiro atoms. The van der Waals surface area contributed by atoms with E-state index >= 15 is 0 Å². The van der Waals surface area contributed by atoms with Crippen LogP contribution in [0.1, 0.15) is 20.3 Å². The van der Waals surface area contributed by atoms with Crippen molar-refractivity contribution in [2.24, 2.45) is 5.92 Å². The highest BCUT2D eigenvalue weighted by atomic mass is 19.1. The fourth-order valence-corrected chi connectivity index (χ4v) is 2.73. The molecule has 5 nitrogen and oxygen atoms in total. The van der Waals surface area contributed by atoms with Crippen LogP contribution in [0.4, 0.5) is 10.1 Å². The third-order valence-corrected chi connectivity index (χ3v) is 3.93. The first-order chi connectivity index (χ1) is 10.9. The molecule has 1 heterocycles. The van der Waals surface area contributed by atoms with E-state index in [2.05, 4.69) is 5.32 Å². The molecule has 2 amide bonds. The molecule has 2 rings (SSSR count). The van der Waals surface area contributed by atoms with Crippen LogP contribution in [0.25, 0.3) is 0 Å². The van der Waals surface area contributed by atoms with Gasteiger partial charge < -0.3 is 15.1 Å². The van der Waals surface area contributed by atoms with Gasteiger partial charge in [0.2, 0.25) is 5.91 Å². The van der Waals surface area contributed by atoms with E-state index in [1.54, 1.807) is 12.1 Å². The van der Waals surface area contributed by atoms with E-state index in [1.807, 2.05) is 18.7 Å². The maximum absolute atomic E-state index is 13.1. The van der Waals surface area contributed by atoms with E-state index in [0.29, 0.717) is 37.7 Å². The van der Waals surface area contributed by atoms with Crippen LogP contribution in [-0.4, -0.2) is 49.4 Å². The summed E-state index contributed by atoms with van der Waals surface area (Å²) in [5, 5.41) is 2.71. The number of hydrogen-bond donors (Lipinski definition) is 2. The van der Waals surface area contributed by atoms with Crippen molar-refractivity contribution in [3.05, 3.63) is 30.1 Å². The number of nitrogens with zero attached hydrogens (tertiary/aromatic N) is 1. The number of carbonyl (C=O) groups excluding carboxylic acids is 2. The smallest absolute Gasteiger partial charge is 0.279 e. The first kappa shape index (κ1) is 17.4. The summed E-state index contributed by atoms with van der Waals surface area (Å²) in [4.78, 5) is 27.1. The lowest BCUT2D eigenvalue weighted by Crippen LogP contribution is -3.15. The summed E-state index contributed by atoms with van der Waals surface area (Å²) in [5.74, 6) is 0.0631. The lowest BCUT2D eigenvalue weighted by molar-refractivity contribution is -0.895. The molecule has 126 valence electrons. The van der Waals surface area contributed by atoms with Crippen molar-refractivity contribution in [3.8, 4) is 0 Å². The number of benzene rings is 1. The summed E-state index contributed by atoms with van der Waals surface area (Å²) in [5.41, 5.74) is 0.472. The molecule has 0 aliphatic carbocycles. The Morgan fingerprint density at radius 3 is 2.61 bits per heavy atom. The molecule has 1 aromatic carbocycles. The highest BCUT2D eigenvalue weighted by molar-refractivity contribution is 5.91. The largest absolute Gasteiger partial charge is 0.331 e. The van der Waals surface area contributed by atoms with Gasteiger partial charge in [-0.3, -0.25) is 9.59 Å². The Morgan fingerprint density at radius 2 is 2.00 bits per heavy atom. The zero-order valence-electron chi connectivity index (χ0n) is 13.8. The third-order valence-electron chi connectivity index (χ3n) is 3.93. The van der Waals surface area contributed by atoms with Gasteiger partial charge in [0, 0.05) is 12.1 Å². The number of piperazine rings is 1. The Morgan fingerprint density at radius 1 is 1.30 bits per heavy atom. The molecule has 1 aromatic rings. The van der Waals surface area contributed by atoms with Crippen molar-refractivity contribution < 1.29 is 18.9 Å². The quantitative estimate of drug-likeness (QED) is 0.831. The van der Waals surface area contributed by atoms with Crippen molar-refractivity contribution in [2.45, 2.75) is 20.3 Å². The molecule has 1 fully saturated rings. The Bertz CT molecular complexity index is 555. The van der Waals surface area contributed by atoms with E-state index in [-0.39, 0.29) is 17.6 Å². The molecule has 2 N–H and O–H groups in total. The van der Waals surface area contributed by atoms with Crippen LogP contribution >= 0.6 is 0 Å². The summed E-state index contributed by atoms with van der Waals surface area (Å²) in [6, 6.07) is 5.87. The second kappa shape index (κ2) is 8.06. The van der Waals surface area contributed by atoms with E-state index < -0.39 is 0 Å². The molecule has 0 radical (unpaired) electrons. The van der Waals surface area contributed by atoms with E-state index in [0.717, 1.165) is 18.0 Å². The fourth-order valence-electron chi connectivity index (χ4n) is 2.73. The summed E-state index contributed by atoms with van der Waals surface area (Å²) >= 11 is 0. The standard InChI is InChI=1S/C17H24FN3O2/c1-13(2)10-17(23)21-8-6-20(7-9-21)12-16(22)19-15-5-3-4-14(18)11-15/h3-5,11,13H,6-10,12H2,1-2H3,(H,19,22)/p+1. The SMILES string of the molecule is CC(C)CC(=O)N1CC[NH+](CC(=O)Nc2cccc(F)c2)CC1. The van der Waals surface area contributed by atoms with E-state index in [9.17, 15) is 14.0 Å². The zero-order chi connectivity index (χ0) is 16.8.